The van der Waals surface area contributed by atoms with Crippen molar-refractivity contribution in [3.8, 4) is 0 Å². The number of thioether (sulfide) groups is 1. The van der Waals surface area contributed by atoms with Crippen LogP contribution in [-0.4, -0.2) is 26.9 Å². The van der Waals surface area contributed by atoms with Crippen LogP contribution in [-0.2, 0) is 0 Å². The fraction of sp³-hybridized carbons (Fsp3) is 0.188. The van der Waals surface area contributed by atoms with Gasteiger partial charge in [0.05, 0.1) is 16.4 Å². The molecule has 2 aromatic heterocycles. The summed E-state index contributed by atoms with van der Waals surface area (Å²) in [6.45, 7) is 3.91. The minimum absolute atomic E-state index is 0.810. The molecule has 0 saturated carbocycles. The number of anilines is 1. The molecular formula is C16H15N5S. The average Bonchev–Trinajstić information content (AvgIpc) is 3.13. The van der Waals surface area contributed by atoms with Crippen molar-refractivity contribution >= 4 is 29.2 Å². The van der Waals surface area contributed by atoms with E-state index in [2.05, 4.69) is 63.7 Å². The highest BCUT2D eigenvalue weighted by molar-refractivity contribution is 8.03. The Morgan fingerprint density at radius 2 is 1.91 bits per heavy atom. The first-order valence-corrected chi connectivity index (χ1v) is 7.88. The first kappa shape index (κ1) is 13.3. The van der Waals surface area contributed by atoms with Crippen LogP contribution in [0.1, 0.15) is 11.5 Å². The van der Waals surface area contributed by atoms with Gasteiger partial charge in [-0.3, -0.25) is 0 Å². The van der Waals surface area contributed by atoms with Crippen LogP contribution < -0.4 is 10.1 Å². The molecule has 1 aromatic carbocycles. The highest BCUT2D eigenvalue weighted by Gasteiger charge is 2.20. The van der Waals surface area contributed by atoms with Crippen LogP contribution in [0.3, 0.4) is 0 Å². The second-order valence-electron chi connectivity index (χ2n) is 5.28. The number of nitrogens with zero attached hydrogens (tertiary/aromatic N) is 5. The summed E-state index contributed by atoms with van der Waals surface area (Å²) < 4.78 is 1.79. The summed E-state index contributed by atoms with van der Waals surface area (Å²) in [4.78, 5) is 3.49. The van der Waals surface area contributed by atoms with Crippen LogP contribution in [0.25, 0.3) is 11.7 Å². The van der Waals surface area contributed by atoms with Crippen molar-refractivity contribution < 1.29 is 0 Å². The van der Waals surface area contributed by atoms with Crippen LogP contribution >= 0.6 is 11.8 Å². The largest absolute Gasteiger partial charge is 0.338 e. The van der Waals surface area contributed by atoms with Crippen LogP contribution in [0.5, 0.6) is 0 Å². The molecule has 0 saturated heterocycles. The molecule has 0 unspecified atom stereocenters. The standard InChI is InChI=1S/C16H15N5S/c1-10-12(16-18-17-11(2)21(16)19-10)8-9-15-20(3)13-6-4-5-7-14(13)22-15/h4-9H,1-3H3. The van der Waals surface area contributed by atoms with Gasteiger partial charge in [0.1, 0.15) is 0 Å². The van der Waals surface area contributed by atoms with Crippen LogP contribution in [0, 0.1) is 13.8 Å². The second kappa shape index (κ2) is 4.84. The van der Waals surface area contributed by atoms with E-state index in [1.807, 2.05) is 13.8 Å². The van der Waals surface area contributed by atoms with Gasteiger partial charge in [0, 0.05) is 17.2 Å². The minimum Gasteiger partial charge on any atom is -0.338 e. The molecule has 0 bridgehead atoms. The van der Waals surface area contributed by atoms with Crippen molar-refractivity contribution in [3.05, 3.63) is 52.1 Å². The minimum atomic E-state index is 0.810. The van der Waals surface area contributed by atoms with E-state index in [0.717, 1.165) is 22.4 Å². The van der Waals surface area contributed by atoms with E-state index in [1.54, 1.807) is 16.3 Å². The smallest absolute Gasteiger partial charge is 0.186 e. The normalized spacial score (nSPS) is 17.0. The zero-order chi connectivity index (χ0) is 15.3. The van der Waals surface area contributed by atoms with Gasteiger partial charge in [0.15, 0.2) is 11.5 Å². The summed E-state index contributed by atoms with van der Waals surface area (Å²) in [5, 5.41) is 15.0. The summed E-state index contributed by atoms with van der Waals surface area (Å²) in [6, 6.07) is 8.42. The Balaban J connectivity index is 1.79. The molecule has 0 fully saturated rings. The maximum absolute atomic E-state index is 4.49. The Labute approximate surface area is 132 Å². The van der Waals surface area contributed by atoms with Gasteiger partial charge in [0.2, 0.25) is 0 Å². The van der Waals surface area contributed by atoms with Crippen LogP contribution in [0.4, 0.5) is 5.69 Å². The molecule has 1 aliphatic heterocycles. The molecule has 0 spiro atoms. The molecule has 0 radical (unpaired) electrons. The Kier molecular flexibility index (Phi) is 2.94. The molecule has 3 aromatic rings. The zero-order valence-electron chi connectivity index (χ0n) is 12.6. The molecule has 0 N–H and O–H groups in total. The molecule has 1 aliphatic rings. The molecule has 5 nitrogen and oxygen atoms in total. The van der Waals surface area contributed by atoms with Gasteiger partial charge in [-0.1, -0.05) is 23.9 Å². The van der Waals surface area contributed by atoms with Gasteiger partial charge < -0.3 is 4.90 Å². The molecule has 110 valence electrons. The number of rotatable bonds is 1. The Hall–Kier alpha value is -2.34. The van der Waals surface area contributed by atoms with Gasteiger partial charge in [-0.25, -0.2) is 0 Å². The summed E-state index contributed by atoms with van der Waals surface area (Å²) in [7, 11) is 2.09. The Morgan fingerprint density at radius 3 is 2.73 bits per heavy atom. The molecule has 0 aliphatic carbocycles. The van der Waals surface area contributed by atoms with Crippen LogP contribution in [0.15, 0.2) is 40.3 Å². The van der Waals surface area contributed by atoms with E-state index < -0.39 is 0 Å². The third-order valence-electron chi connectivity index (χ3n) is 3.84. The van der Waals surface area contributed by atoms with Gasteiger partial charge in [-0.05, 0) is 38.1 Å². The third kappa shape index (κ3) is 1.91. The molecular weight excluding hydrogens is 294 g/mol. The van der Waals surface area contributed by atoms with E-state index in [9.17, 15) is 0 Å². The fourth-order valence-corrected chi connectivity index (χ4v) is 3.68. The molecule has 4 rings (SSSR count). The van der Waals surface area contributed by atoms with Gasteiger partial charge in [-0.2, -0.15) is 9.61 Å². The second-order valence-corrected chi connectivity index (χ2v) is 6.34. The number of aryl methyl sites for hydroxylation is 2. The number of allylic oxidation sites excluding steroid dienone is 1. The summed E-state index contributed by atoms with van der Waals surface area (Å²) >= 11 is 1.78. The SMILES string of the molecule is Cc1nn2c(C)nnc2c1=CC=C1Sc2ccccc2N1C. The maximum Gasteiger partial charge on any atom is 0.186 e. The number of fused-ring (bicyclic) bond motifs is 2. The zero-order valence-corrected chi connectivity index (χ0v) is 13.4. The van der Waals surface area contributed by atoms with E-state index >= 15 is 0 Å². The van der Waals surface area contributed by atoms with Crippen LogP contribution in [0.2, 0.25) is 0 Å². The monoisotopic (exact) mass is 309 g/mol. The van der Waals surface area contributed by atoms with E-state index in [4.69, 9.17) is 0 Å². The number of para-hydroxylation sites is 1. The lowest BCUT2D eigenvalue weighted by Gasteiger charge is -2.12. The van der Waals surface area contributed by atoms with Gasteiger partial charge in [-0.15, -0.1) is 10.2 Å². The molecule has 0 amide bonds. The van der Waals surface area contributed by atoms with E-state index in [1.165, 1.54) is 15.6 Å². The lowest BCUT2D eigenvalue weighted by Crippen LogP contribution is -2.09. The Morgan fingerprint density at radius 1 is 1.09 bits per heavy atom. The van der Waals surface area contributed by atoms with Crippen molar-refractivity contribution in [3.63, 3.8) is 0 Å². The maximum atomic E-state index is 4.49. The summed E-state index contributed by atoms with van der Waals surface area (Å²) in [6.07, 6.45) is 4.20. The predicted molar refractivity (Wildman–Crippen MR) is 88.7 cm³/mol. The van der Waals surface area contributed by atoms with E-state index in [0.29, 0.717) is 0 Å². The molecule has 6 heteroatoms. The number of hydrogen-bond donors (Lipinski definition) is 0. The van der Waals surface area contributed by atoms with Crippen molar-refractivity contribution in [2.24, 2.45) is 0 Å². The highest BCUT2D eigenvalue weighted by atomic mass is 32.2. The lowest BCUT2D eigenvalue weighted by molar-refractivity contribution is 0.875. The van der Waals surface area contributed by atoms with Crippen molar-refractivity contribution in [2.45, 2.75) is 18.7 Å². The number of hydrogen-bond acceptors (Lipinski definition) is 5. The highest BCUT2D eigenvalue weighted by Crippen LogP contribution is 2.44. The first-order chi connectivity index (χ1) is 10.6. The van der Waals surface area contributed by atoms with Gasteiger partial charge >= 0.3 is 0 Å². The fourth-order valence-electron chi connectivity index (χ4n) is 2.63. The summed E-state index contributed by atoms with van der Waals surface area (Å²) in [5.74, 6) is 0.810. The number of aromatic nitrogens is 4. The quantitative estimate of drug-likeness (QED) is 0.690. The third-order valence-corrected chi connectivity index (χ3v) is 5.03. The lowest BCUT2D eigenvalue weighted by atomic mass is 10.3. The Bertz CT molecular complexity index is 956. The molecule has 3 heterocycles. The number of benzene rings is 1. The average molecular weight is 309 g/mol. The molecule has 0 atom stereocenters. The van der Waals surface area contributed by atoms with E-state index in [-0.39, 0.29) is 0 Å². The van der Waals surface area contributed by atoms with Crippen molar-refractivity contribution in [1.29, 1.82) is 0 Å². The van der Waals surface area contributed by atoms with Crippen molar-refractivity contribution in [1.82, 2.24) is 19.8 Å². The topological polar surface area (TPSA) is 46.3 Å². The molecule has 22 heavy (non-hydrogen) atoms. The van der Waals surface area contributed by atoms with Crippen molar-refractivity contribution in [2.75, 3.05) is 11.9 Å². The summed E-state index contributed by atoms with van der Waals surface area (Å²) in [5.41, 5.74) is 3.02. The predicted octanol–water partition coefficient (Wildman–Crippen LogP) is 2.32. The first-order valence-electron chi connectivity index (χ1n) is 7.06. The van der Waals surface area contributed by atoms with Gasteiger partial charge in [0.25, 0.3) is 0 Å².